The lowest BCUT2D eigenvalue weighted by atomic mass is 9.93. The molecule has 2 unspecified atom stereocenters. The van der Waals surface area contributed by atoms with Crippen LogP contribution in [-0.4, -0.2) is 46.9 Å². The lowest BCUT2D eigenvalue weighted by molar-refractivity contribution is -0.138. The molecule has 6 heteroatoms. The van der Waals surface area contributed by atoms with E-state index in [1.54, 1.807) is 0 Å². The Morgan fingerprint density at radius 2 is 2.24 bits per heavy atom. The molecule has 6 nitrogen and oxygen atoms in total. The molecule has 0 bridgehead atoms. The molecule has 0 radical (unpaired) electrons. The first kappa shape index (κ1) is 12.0. The average molecular weight is 240 g/mol. The predicted molar refractivity (Wildman–Crippen MR) is 58.1 cm³/mol. The number of rotatable bonds is 3. The van der Waals surface area contributed by atoms with Crippen LogP contribution >= 0.6 is 0 Å². The van der Waals surface area contributed by atoms with Gasteiger partial charge in [-0.05, 0) is 25.3 Å². The standard InChI is InChI=1S/C11H16N2O4/c14-9-5-8(11(17)12-9)13-3-1-2-7(6-13)4-10(15)16/h7-8H,1-6H2,(H,15,16)(H,12,14,17). The van der Waals surface area contributed by atoms with E-state index in [1.165, 1.54) is 0 Å². The summed E-state index contributed by atoms with van der Waals surface area (Å²) in [6.07, 6.45) is 2.11. The van der Waals surface area contributed by atoms with Gasteiger partial charge in [0.15, 0.2) is 0 Å². The minimum atomic E-state index is -0.802. The van der Waals surface area contributed by atoms with Crippen molar-refractivity contribution in [3.63, 3.8) is 0 Å². The van der Waals surface area contributed by atoms with Crippen LogP contribution in [0.2, 0.25) is 0 Å². The van der Waals surface area contributed by atoms with Gasteiger partial charge >= 0.3 is 5.97 Å². The summed E-state index contributed by atoms with van der Waals surface area (Å²) in [4.78, 5) is 35.2. The van der Waals surface area contributed by atoms with E-state index >= 15 is 0 Å². The van der Waals surface area contributed by atoms with Gasteiger partial charge in [0.1, 0.15) is 0 Å². The number of nitrogens with one attached hydrogen (secondary N) is 1. The number of likely N-dealkylation sites (tertiary alicyclic amines) is 1. The van der Waals surface area contributed by atoms with E-state index < -0.39 is 5.97 Å². The Hall–Kier alpha value is -1.43. The summed E-state index contributed by atoms with van der Waals surface area (Å²) in [7, 11) is 0. The highest BCUT2D eigenvalue weighted by molar-refractivity contribution is 6.05. The molecule has 2 aliphatic heterocycles. The lowest BCUT2D eigenvalue weighted by Gasteiger charge is -2.34. The number of imide groups is 1. The molecule has 0 aromatic carbocycles. The van der Waals surface area contributed by atoms with Gasteiger partial charge in [-0.1, -0.05) is 0 Å². The number of carbonyl (C=O) groups excluding carboxylic acids is 2. The minimum absolute atomic E-state index is 0.0877. The molecule has 0 aromatic rings. The van der Waals surface area contributed by atoms with Crippen LogP contribution in [0.15, 0.2) is 0 Å². The largest absolute Gasteiger partial charge is 0.481 e. The molecule has 2 fully saturated rings. The van der Waals surface area contributed by atoms with Crippen LogP contribution < -0.4 is 5.32 Å². The molecule has 0 saturated carbocycles. The maximum atomic E-state index is 11.5. The van der Waals surface area contributed by atoms with Crippen molar-refractivity contribution in [2.45, 2.75) is 31.7 Å². The van der Waals surface area contributed by atoms with Gasteiger partial charge in [-0.3, -0.25) is 24.6 Å². The summed E-state index contributed by atoms with van der Waals surface area (Å²) in [6.45, 7) is 1.36. The molecule has 2 aliphatic rings. The first-order valence-electron chi connectivity index (χ1n) is 5.86. The molecule has 2 saturated heterocycles. The van der Waals surface area contributed by atoms with E-state index in [4.69, 9.17) is 5.11 Å². The number of carbonyl (C=O) groups is 3. The molecule has 2 amide bonds. The monoisotopic (exact) mass is 240 g/mol. The fraction of sp³-hybridized carbons (Fsp3) is 0.727. The molecule has 17 heavy (non-hydrogen) atoms. The van der Waals surface area contributed by atoms with E-state index in [-0.39, 0.29) is 36.6 Å². The van der Waals surface area contributed by atoms with Gasteiger partial charge in [-0.2, -0.15) is 0 Å². The smallest absolute Gasteiger partial charge is 0.303 e. The summed E-state index contributed by atoms with van der Waals surface area (Å²) in [5.74, 6) is -1.19. The number of hydrogen-bond acceptors (Lipinski definition) is 4. The van der Waals surface area contributed by atoms with Crippen molar-refractivity contribution < 1.29 is 19.5 Å². The van der Waals surface area contributed by atoms with E-state index in [2.05, 4.69) is 5.32 Å². The molecule has 0 aliphatic carbocycles. The normalized spacial score (nSPS) is 30.4. The van der Waals surface area contributed by atoms with Crippen molar-refractivity contribution in [3.05, 3.63) is 0 Å². The highest BCUT2D eigenvalue weighted by atomic mass is 16.4. The van der Waals surface area contributed by atoms with Crippen LogP contribution in [0.1, 0.15) is 25.7 Å². The number of hydrogen-bond donors (Lipinski definition) is 2. The molecule has 0 spiro atoms. The molecule has 94 valence electrons. The second-order valence-electron chi connectivity index (χ2n) is 4.73. The van der Waals surface area contributed by atoms with Crippen LogP contribution in [-0.2, 0) is 14.4 Å². The minimum Gasteiger partial charge on any atom is -0.481 e. The van der Waals surface area contributed by atoms with E-state index in [0.29, 0.717) is 6.54 Å². The summed E-state index contributed by atoms with van der Waals surface area (Å²) >= 11 is 0. The topological polar surface area (TPSA) is 86.7 Å². The highest BCUT2D eigenvalue weighted by Crippen LogP contribution is 2.23. The predicted octanol–water partition coefficient (Wildman–Crippen LogP) is -0.412. The van der Waals surface area contributed by atoms with Crippen molar-refractivity contribution in [1.82, 2.24) is 10.2 Å². The zero-order valence-electron chi connectivity index (χ0n) is 9.52. The summed E-state index contributed by atoms with van der Waals surface area (Å²) in [5.41, 5.74) is 0. The Balaban J connectivity index is 1.95. The fourth-order valence-electron chi connectivity index (χ4n) is 2.63. The number of nitrogens with zero attached hydrogens (tertiary/aromatic N) is 1. The van der Waals surface area contributed by atoms with Crippen LogP contribution in [0.5, 0.6) is 0 Å². The van der Waals surface area contributed by atoms with Crippen molar-refractivity contribution in [2.75, 3.05) is 13.1 Å². The van der Waals surface area contributed by atoms with Crippen molar-refractivity contribution >= 4 is 17.8 Å². The van der Waals surface area contributed by atoms with Gasteiger partial charge < -0.3 is 5.11 Å². The Kier molecular flexibility index (Phi) is 3.42. The van der Waals surface area contributed by atoms with E-state index in [9.17, 15) is 14.4 Å². The van der Waals surface area contributed by atoms with Crippen molar-refractivity contribution in [2.24, 2.45) is 5.92 Å². The van der Waals surface area contributed by atoms with Gasteiger partial charge in [-0.25, -0.2) is 0 Å². The van der Waals surface area contributed by atoms with Gasteiger partial charge in [-0.15, -0.1) is 0 Å². The van der Waals surface area contributed by atoms with Gasteiger partial charge in [0.2, 0.25) is 11.8 Å². The van der Waals surface area contributed by atoms with E-state index in [1.807, 2.05) is 4.90 Å². The lowest BCUT2D eigenvalue weighted by Crippen LogP contribution is -2.46. The van der Waals surface area contributed by atoms with Crippen molar-refractivity contribution in [3.8, 4) is 0 Å². The van der Waals surface area contributed by atoms with Crippen LogP contribution in [0.25, 0.3) is 0 Å². The summed E-state index contributed by atoms with van der Waals surface area (Å²) in [6, 6.07) is -0.390. The number of amides is 2. The summed E-state index contributed by atoms with van der Waals surface area (Å²) in [5, 5.41) is 11.0. The first-order chi connectivity index (χ1) is 8.06. The second-order valence-corrected chi connectivity index (χ2v) is 4.73. The average Bonchev–Trinajstić information content (AvgIpc) is 2.57. The van der Waals surface area contributed by atoms with Gasteiger partial charge in [0.25, 0.3) is 0 Å². The van der Waals surface area contributed by atoms with Crippen molar-refractivity contribution in [1.29, 1.82) is 0 Å². The molecule has 2 atom stereocenters. The van der Waals surface area contributed by atoms with Crippen LogP contribution in [0.4, 0.5) is 0 Å². The Morgan fingerprint density at radius 1 is 1.47 bits per heavy atom. The molecule has 2 heterocycles. The molecular weight excluding hydrogens is 224 g/mol. The molecular formula is C11H16N2O4. The zero-order valence-corrected chi connectivity index (χ0v) is 9.52. The van der Waals surface area contributed by atoms with E-state index in [0.717, 1.165) is 19.4 Å². The molecule has 2 N–H and O–H groups in total. The second kappa shape index (κ2) is 4.83. The maximum absolute atomic E-state index is 11.5. The Bertz CT molecular complexity index is 355. The maximum Gasteiger partial charge on any atom is 0.303 e. The Labute approximate surface area is 99.0 Å². The van der Waals surface area contributed by atoms with Gasteiger partial charge in [0, 0.05) is 13.0 Å². The van der Waals surface area contributed by atoms with Gasteiger partial charge in [0.05, 0.1) is 12.5 Å². The summed E-state index contributed by atoms with van der Waals surface area (Å²) < 4.78 is 0. The Morgan fingerprint density at radius 3 is 2.82 bits per heavy atom. The number of carboxylic acid groups (broad SMARTS) is 1. The fourth-order valence-corrected chi connectivity index (χ4v) is 2.63. The van der Waals surface area contributed by atoms with Crippen LogP contribution in [0, 0.1) is 5.92 Å². The zero-order chi connectivity index (χ0) is 12.4. The van der Waals surface area contributed by atoms with Crippen LogP contribution in [0.3, 0.4) is 0 Å². The SMILES string of the molecule is O=C(O)CC1CCCN(C2CC(=O)NC2=O)C1. The third-order valence-corrected chi connectivity index (χ3v) is 3.40. The number of piperidine rings is 1. The third-order valence-electron chi connectivity index (χ3n) is 3.40. The quantitative estimate of drug-likeness (QED) is 0.655. The number of aliphatic carboxylic acids is 1. The molecule has 0 aromatic heterocycles. The third kappa shape index (κ3) is 2.82. The highest BCUT2D eigenvalue weighted by Gasteiger charge is 2.37. The molecule has 2 rings (SSSR count). The number of carboxylic acids is 1. The first-order valence-corrected chi connectivity index (χ1v) is 5.86.